The topological polar surface area (TPSA) is 150 Å². The average Bonchev–Trinajstić information content (AvgIpc) is 3.59. The van der Waals surface area contributed by atoms with Crippen molar-refractivity contribution >= 4 is 46.4 Å². The number of rotatable bonds is 5. The molecule has 1 aromatic heterocycles. The lowest BCUT2D eigenvalue weighted by Crippen LogP contribution is -2.52. The number of urea groups is 2. The Morgan fingerprint density at radius 1 is 1.06 bits per heavy atom. The summed E-state index contributed by atoms with van der Waals surface area (Å²) in [5, 5.41) is 7.83. The van der Waals surface area contributed by atoms with E-state index < -0.39 is 29.4 Å². The molecule has 12 nitrogen and oxygen atoms in total. The van der Waals surface area contributed by atoms with Crippen LogP contribution in [0, 0.1) is 0 Å². The van der Waals surface area contributed by atoms with Gasteiger partial charge in [-0.3, -0.25) is 19.7 Å². The second-order valence-corrected chi connectivity index (χ2v) is 8.72. The van der Waals surface area contributed by atoms with Gasteiger partial charge in [0.15, 0.2) is 5.54 Å². The molecular formula is C24H19N5O7. The van der Waals surface area contributed by atoms with Gasteiger partial charge in [0.1, 0.15) is 17.1 Å². The van der Waals surface area contributed by atoms with Crippen LogP contribution in [0.2, 0.25) is 0 Å². The van der Waals surface area contributed by atoms with E-state index in [9.17, 15) is 24.0 Å². The molecule has 0 aliphatic carbocycles. The normalized spacial score (nSPS) is 21.2. The SMILES string of the molecule is COc1ccc2c(c1)C(=O)N(C[C@@]1(c3cc4cc(N5C(=O)CNC5=O)ccc4o3)NC(=O)NC1=O)C2. The number of benzene rings is 2. The van der Waals surface area contributed by atoms with Gasteiger partial charge in [-0.25, -0.2) is 14.5 Å². The molecule has 2 aromatic carbocycles. The first-order chi connectivity index (χ1) is 17.3. The van der Waals surface area contributed by atoms with E-state index in [1.165, 1.54) is 12.0 Å². The monoisotopic (exact) mass is 489 g/mol. The lowest BCUT2D eigenvalue weighted by atomic mass is 9.95. The first-order valence-corrected chi connectivity index (χ1v) is 11.0. The van der Waals surface area contributed by atoms with Crippen LogP contribution in [-0.2, 0) is 21.7 Å². The molecule has 3 N–H and O–H groups in total. The summed E-state index contributed by atoms with van der Waals surface area (Å²) in [5.41, 5.74) is 0.247. The smallest absolute Gasteiger partial charge is 0.329 e. The van der Waals surface area contributed by atoms with Gasteiger partial charge in [0.25, 0.3) is 17.7 Å². The van der Waals surface area contributed by atoms with Crippen LogP contribution in [0.3, 0.4) is 0 Å². The first-order valence-electron chi connectivity index (χ1n) is 11.0. The Labute approximate surface area is 203 Å². The number of carbonyl (C=O) groups is 5. The minimum Gasteiger partial charge on any atom is -0.497 e. The summed E-state index contributed by atoms with van der Waals surface area (Å²) >= 11 is 0. The third-order valence-corrected chi connectivity index (χ3v) is 6.59. The molecule has 7 amide bonds. The van der Waals surface area contributed by atoms with E-state index in [0.717, 1.165) is 10.5 Å². The van der Waals surface area contributed by atoms with Gasteiger partial charge in [-0.15, -0.1) is 0 Å². The summed E-state index contributed by atoms with van der Waals surface area (Å²) in [6.07, 6.45) is 0. The minimum atomic E-state index is -1.68. The average molecular weight is 489 g/mol. The Kier molecular flexibility index (Phi) is 4.55. The highest BCUT2D eigenvalue weighted by atomic mass is 16.5. The lowest BCUT2D eigenvalue weighted by molar-refractivity contribution is -0.125. The van der Waals surface area contributed by atoms with Crippen molar-refractivity contribution in [3.63, 3.8) is 0 Å². The van der Waals surface area contributed by atoms with Gasteiger partial charge < -0.3 is 24.7 Å². The van der Waals surface area contributed by atoms with Crippen LogP contribution in [0.5, 0.6) is 5.75 Å². The lowest BCUT2D eigenvalue weighted by Gasteiger charge is -2.29. The zero-order valence-electron chi connectivity index (χ0n) is 18.9. The number of fused-ring (bicyclic) bond motifs is 2. The number of imide groups is 2. The molecule has 3 aliphatic rings. The van der Waals surface area contributed by atoms with Crippen molar-refractivity contribution in [3.05, 3.63) is 59.4 Å². The summed E-state index contributed by atoms with van der Waals surface area (Å²) in [7, 11) is 1.51. The van der Waals surface area contributed by atoms with E-state index in [-0.39, 0.29) is 31.3 Å². The number of hydrogen-bond acceptors (Lipinski definition) is 7. The van der Waals surface area contributed by atoms with Crippen molar-refractivity contribution < 1.29 is 33.1 Å². The maximum Gasteiger partial charge on any atom is 0.329 e. The molecule has 3 aromatic rings. The van der Waals surface area contributed by atoms with Crippen LogP contribution in [0.25, 0.3) is 11.0 Å². The fraction of sp³-hybridized carbons (Fsp3) is 0.208. The number of furan rings is 1. The molecule has 0 spiro atoms. The second-order valence-electron chi connectivity index (χ2n) is 8.72. The molecule has 2 fully saturated rings. The van der Waals surface area contributed by atoms with Crippen LogP contribution < -0.4 is 25.6 Å². The third kappa shape index (κ3) is 3.11. The van der Waals surface area contributed by atoms with Gasteiger partial charge in [-0.1, -0.05) is 6.07 Å². The molecule has 12 heteroatoms. The standard InChI is InChI=1S/C24H19N5O7/c1-35-15-4-2-12-10-28(20(31)16(12)8-15)11-24(21(32)26-22(33)27-24)18-7-13-6-14(3-5-17(13)36-18)29-19(30)9-25-23(29)34/h2-8H,9-11H2,1H3,(H,25,34)(H2,26,27,32,33)/t24-/m0/s1. The van der Waals surface area contributed by atoms with Crippen LogP contribution in [0.4, 0.5) is 15.3 Å². The Bertz CT molecular complexity index is 1500. The van der Waals surface area contributed by atoms with E-state index >= 15 is 0 Å². The largest absolute Gasteiger partial charge is 0.497 e. The number of amides is 7. The summed E-state index contributed by atoms with van der Waals surface area (Å²) in [6.45, 7) is -0.0410. The Morgan fingerprint density at radius 3 is 2.58 bits per heavy atom. The maximum atomic E-state index is 13.2. The van der Waals surface area contributed by atoms with Crippen LogP contribution in [-0.4, -0.2) is 54.9 Å². The van der Waals surface area contributed by atoms with E-state index in [1.54, 1.807) is 42.5 Å². The Morgan fingerprint density at radius 2 is 1.89 bits per heavy atom. The molecular weight excluding hydrogens is 470 g/mol. The Hall–Kier alpha value is -4.87. The van der Waals surface area contributed by atoms with E-state index in [0.29, 0.717) is 28.0 Å². The predicted molar refractivity (Wildman–Crippen MR) is 123 cm³/mol. The predicted octanol–water partition coefficient (Wildman–Crippen LogP) is 1.19. The number of nitrogens with one attached hydrogen (secondary N) is 3. The highest BCUT2D eigenvalue weighted by molar-refractivity contribution is 6.20. The van der Waals surface area contributed by atoms with Gasteiger partial charge >= 0.3 is 12.1 Å². The molecule has 6 rings (SSSR count). The molecule has 36 heavy (non-hydrogen) atoms. The minimum absolute atomic E-state index is 0.0963. The van der Waals surface area contributed by atoms with Crippen molar-refractivity contribution in [1.82, 2.24) is 20.9 Å². The van der Waals surface area contributed by atoms with Gasteiger partial charge in [-0.2, -0.15) is 0 Å². The highest BCUT2D eigenvalue weighted by Gasteiger charge is 2.53. The number of carbonyl (C=O) groups excluding carboxylic acids is 5. The summed E-state index contributed by atoms with van der Waals surface area (Å²) in [4.78, 5) is 65.1. The van der Waals surface area contributed by atoms with Crippen molar-refractivity contribution in [2.24, 2.45) is 0 Å². The highest BCUT2D eigenvalue weighted by Crippen LogP contribution is 2.36. The number of hydrogen-bond donors (Lipinski definition) is 3. The molecule has 2 saturated heterocycles. The summed E-state index contributed by atoms with van der Waals surface area (Å²) in [5.74, 6) is -0.734. The molecule has 182 valence electrons. The van der Waals surface area contributed by atoms with Gasteiger partial charge in [0.05, 0.1) is 25.9 Å². The molecule has 0 unspecified atom stereocenters. The molecule has 1 atom stereocenters. The molecule has 0 saturated carbocycles. The third-order valence-electron chi connectivity index (χ3n) is 6.59. The molecule has 0 radical (unpaired) electrons. The number of anilines is 1. The van der Waals surface area contributed by atoms with Gasteiger partial charge in [-0.05, 0) is 42.0 Å². The maximum absolute atomic E-state index is 13.2. The van der Waals surface area contributed by atoms with Crippen LogP contribution in [0.15, 0.2) is 46.9 Å². The zero-order valence-corrected chi connectivity index (χ0v) is 18.9. The van der Waals surface area contributed by atoms with Crippen molar-refractivity contribution in [1.29, 1.82) is 0 Å². The fourth-order valence-electron chi connectivity index (χ4n) is 4.80. The van der Waals surface area contributed by atoms with E-state index in [4.69, 9.17) is 9.15 Å². The summed E-state index contributed by atoms with van der Waals surface area (Å²) in [6, 6.07) is 10.2. The van der Waals surface area contributed by atoms with Crippen molar-refractivity contribution in [2.45, 2.75) is 12.1 Å². The molecule has 4 heterocycles. The van der Waals surface area contributed by atoms with Crippen LogP contribution >= 0.6 is 0 Å². The number of ether oxygens (including phenoxy) is 1. The molecule has 0 bridgehead atoms. The Balaban J connectivity index is 1.37. The van der Waals surface area contributed by atoms with E-state index in [2.05, 4.69) is 16.0 Å². The summed E-state index contributed by atoms with van der Waals surface area (Å²) < 4.78 is 11.2. The van der Waals surface area contributed by atoms with Crippen molar-refractivity contribution in [3.8, 4) is 5.75 Å². The fourth-order valence-corrected chi connectivity index (χ4v) is 4.80. The van der Waals surface area contributed by atoms with Crippen LogP contribution in [0.1, 0.15) is 21.7 Å². The van der Waals surface area contributed by atoms with E-state index in [1.807, 2.05) is 0 Å². The molecule has 3 aliphatic heterocycles. The van der Waals surface area contributed by atoms with Gasteiger partial charge in [0.2, 0.25) is 0 Å². The second kappa shape index (κ2) is 7.57. The number of nitrogens with zero attached hydrogens (tertiary/aromatic N) is 2. The quantitative estimate of drug-likeness (QED) is 0.456. The van der Waals surface area contributed by atoms with Crippen molar-refractivity contribution in [2.75, 3.05) is 25.1 Å². The first kappa shape index (κ1) is 21.6. The zero-order chi connectivity index (χ0) is 25.2. The van der Waals surface area contributed by atoms with Gasteiger partial charge in [0, 0.05) is 17.5 Å². The number of methoxy groups -OCH3 is 1.